The SMILES string of the molecule is COc1ccc2nc(CC(=O)NCc3cccc(C)c3)[nH]c(=O)c2c1. The van der Waals surface area contributed by atoms with E-state index in [-0.39, 0.29) is 17.9 Å². The lowest BCUT2D eigenvalue weighted by Crippen LogP contribution is -2.26. The van der Waals surface area contributed by atoms with Crippen LogP contribution in [0.15, 0.2) is 47.3 Å². The van der Waals surface area contributed by atoms with Crippen molar-refractivity contribution in [3.8, 4) is 5.75 Å². The van der Waals surface area contributed by atoms with Crippen molar-refractivity contribution in [2.75, 3.05) is 7.11 Å². The van der Waals surface area contributed by atoms with Crippen molar-refractivity contribution >= 4 is 16.8 Å². The van der Waals surface area contributed by atoms with E-state index in [0.29, 0.717) is 29.0 Å². The van der Waals surface area contributed by atoms with E-state index >= 15 is 0 Å². The number of hydrogen-bond acceptors (Lipinski definition) is 4. The van der Waals surface area contributed by atoms with E-state index in [2.05, 4.69) is 15.3 Å². The highest BCUT2D eigenvalue weighted by atomic mass is 16.5. The molecule has 6 heteroatoms. The number of fused-ring (bicyclic) bond motifs is 1. The summed E-state index contributed by atoms with van der Waals surface area (Å²) in [5.74, 6) is 0.727. The second-order valence-corrected chi connectivity index (χ2v) is 5.84. The van der Waals surface area contributed by atoms with Gasteiger partial charge in [-0.15, -0.1) is 0 Å². The van der Waals surface area contributed by atoms with Gasteiger partial charge in [-0.3, -0.25) is 9.59 Å². The van der Waals surface area contributed by atoms with Crippen LogP contribution in [0, 0.1) is 6.92 Å². The van der Waals surface area contributed by atoms with Crippen molar-refractivity contribution < 1.29 is 9.53 Å². The van der Waals surface area contributed by atoms with Gasteiger partial charge in [0.1, 0.15) is 11.6 Å². The second kappa shape index (κ2) is 7.17. The van der Waals surface area contributed by atoms with E-state index in [4.69, 9.17) is 4.74 Å². The highest BCUT2D eigenvalue weighted by Crippen LogP contribution is 2.16. The standard InChI is InChI=1S/C19H19N3O3/c1-12-4-3-5-13(8-12)11-20-18(23)10-17-21-16-7-6-14(25-2)9-15(16)19(24)22-17/h3-9H,10-11H2,1-2H3,(H,20,23)(H,21,22,24). The van der Waals surface area contributed by atoms with Gasteiger partial charge in [0.05, 0.1) is 24.4 Å². The summed E-state index contributed by atoms with van der Waals surface area (Å²) in [5, 5.41) is 3.27. The Morgan fingerprint density at radius 3 is 2.84 bits per heavy atom. The lowest BCUT2D eigenvalue weighted by atomic mass is 10.1. The Morgan fingerprint density at radius 1 is 1.24 bits per heavy atom. The molecule has 0 fully saturated rings. The van der Waals surface area contributed by atoms with Gasteiger partial charge in [-0.1, -0.05) is 29.8 Å². The maximum atomic E-state index is 12.2. The molecule has 6 nitrogen and oxygen atoms in total. The molecular weight excluding hydrogens is 318 g/mol. The Kier molecular flexibility index (Phi) is 4.79. The fourth-order valence-corrected chi connectivity index (χ4v) is 2.61. The lowest BCUT2D eigenvalue weighted by Gasteiger charge is -2.07. The van der Waals surface area contributed by atoms with Crippen LogP contribution in [0.25, 0.3) is 10.9 Å². The van der Waals surface area contributed by atoms with Crippen LogP contribution in [0.4, 0.5) is 0 Å². The smallest absolute Gasteiger partial charge is 0.258 e. The van der Waals surface area contributed by atoms with E-state index in [1.807, 2.05) is 31.2 Å². The molecule has 0 atom stereocenters. The monoisotopic (exact) mass is 337 g/mol. The van der Waals surface area contributed by atoms with Crippen LogP contribution in [-0.2, 0) is 17.8 Å². The number of benzene rings is 2. The van der Waals surface area contributed by atoms with Crippen LogP contribution in [-0.4, -0.2) is 23.0 Å². The molecule has 0 bridgehead atoms. The Bertz CT molecular complexity index is 979. The highest BCUT2D eigenvalue weighted by molar-refractivity contribution is 5.81. The lowest BCUT2D eigenvalue weighted by molar-refractivity contribution is -0.120. The third-order valence-electron chi connectivity index (χ3n) is 3.86. The van der Waals surface area contributed by atoms with Gasteiger partial charge < -0.3 is 15.0 Å². The number of rotatable bonds is 5. The molecule has 1 amide bonds. The quantitative estimate of drug-likeness (QED) is 0.747. The normalized spacial score (nSPS) is 10.6. The van der Waals surface area contributed by atoms with E-state index in [1.165, 1.54) is 7.11 Å². The average molecular weight is 337 g/mol. The number of carbonyl (C=O) groups is 1. The largest absolute Gasteiger partial charge is 0.497 e. The molecule has 2 N–H and O–H groups in total. The van der Waals surface area contributed by atoms with Crippen molar-refractivity contribution in [1.82, 2.24) is 15.3 Å². The number of aromatic amines is 1. The van der Waals surface area contributed by atoms with Crippen LogP contribution in [0.3, 0.4) is 0 Å². The minimum absolute atomic E-state index is 0.0169. The zero-order chi connectivity index (χ0) is 17.8. The molecule has 0 aliphatic heterocycles. The molecule has 2 aromatic carbocycles. The number of aryl methyl sites for hydroxylation is 1. The Labute approximate surface area is 144 Å². The minimum Gasteiger partial charge on any atom is -0.497 e. The van der Waals surface area contributed by atoms with Crippen molar-refractivity contribution in [3.05, 3.63) is 69.8 Å². The number of aromatic nitrogens is 2. The molecule has 0 radical (unpaired) electrons. The van der Waals surface area contributed by atoms with Crippen molar-refractivity contribution in [3.63, 3.8) is 0 Å². The number of nitrogens with one attached hydrogen (secondary N) is 2. The summed E-state index contributed by atoms with van der Waals surface area (Å²) in [4.78, 5) is 31.3. The summed E-state index contributed by atoms with van der Waals surface area (Å²) in [6.07, 6.45) is 0.0169. The van der Waals surface area contributed by atoms with Gasteiger partial charge in [0, 0.05) is 6.54 Å². The molecule has 128 valence electrons. The molecule has 0 aliphatic carbocycles. The first-order valence-electron chi connectivity index (χ1n) is 7.94. The maximum Gasteiger partial charge on any atom is 0.258 e. The summed E-state index contributed by atoms with van der Waals surface area (Å²) >= 11 is 0. The molecule has 0 saturated heterocycles. The van der Waals surface area contributed by atoms with Crippen LogP contribution >= 0.6 is 0 Å². The van der Waals surface area contributed by atoms with Gasteiger partial charge in [-0.05, 0) is 30.7 Å². The first kappa shape index (κ1) is 16.7. The molecule has 0 unspecified atom stereocenters. The van der Waals surface area contributed by atoms with E-state index in [9.17, 15) is 9.59 Å². The number of carbonyl (C=O) groups excluding carboxylic acids is 1. The third-order valence-corrected chi connectivity index (χ3v) is 3.86. The van der Waals surface area contributed by atoms with Crippen molar-refractivity contribution in [2.45, 2.75) is 19.9 Å². The summed E-state index contributed by atoms with van der Waals surface area (Å²) in [6, 6.07) is 13.0. The van der Waals surface area contributed by atoms with Crippen LogP contribution in [0.5, 0.6) is 5.75 Å². The average Bonchev–Trinajstić information content (AvgIpc) is 2.60. The number of hydrogen-bond donors (Lipinski definition) is 2. The predicted octanol–water partition coefficient (Wildman–Crippen LogP) is 2.10. The highest BCUT2D eigenvalue weighted by Gasteiger charge is 2.09. The molecule has 0 spiro atoms. The molecule has 1 heterocycles. The van der Waals surface area contributed by atoms with Gasteiger partial charge >= 0.3 is 0 Å². The van der Waals surface area contributed by atoms with Gasteiger partial charge in [0.2, 0.25) is 5.91 Å². The summed E-state index contributed by atoms with van der Waals surface area (Å²) in [7, 11) is 1.54. The van der Waals surface area contributed by atoms with E-state index in [1.54, 1.807) is 18.2 Å². The Morgan fingerprint density at radius 2 is 2.08 bits per heavy atom. The zero-order valence-corrected chi connectivity index (χ0v) is 14.1. The molecular formula is C19H19N3O3. The fraction of sp³-hybridized carbons (Fsp3) is 0.211. The van der Waals surface area contributed by atoms with Gasteiger partial charge in [0.15, 0.2) is 0 Å². The van der Waals surface area contributed by atoms with E-state index in [0.717, 1.165) is 11.1 Å². The first-order chi connectivity index (χ1) is 12.0. The molecule has 3 rings (SSSR count). The first-order valence-corrected chi connectivity index (χ1v) is 7.94. The second-order valence-electron chi connectivity index (χ2n) is 5.84. The summed E-state index contributed by atoms with van der Waals surface area (Å²) < 4.78 is 5.11. The number of nitrogens with zero attached hydrogens (tertiary/aromatic N) is 1. The maximum absolute atomic E-state index is 12.2. The minimum atomic E-state index is -0.287. The molecule has 25 heavy (non-hydrogen) atoms. The number of methoxy groups -OCH3 is 1. The van der Waals surface area contributed by atoms with Crippen molar-refractivity contribution in [1.29, 1.82) is 0 Å². The van der Waals surface area contributed by atoms with Gasteiger partial charge in [0.25, 0.3) is 5.56 Å². The van der Waals surface area contributed by atoms with Crippen LogP contribution < -0.4 is 15.6 Å². The van der Waals surface area contributed by atoms with Crippen molar-refractivity contribution in [2.24, 2.45) is 0 Å². The Hall–Kier alpha value is -3.15. The van der Waals surface area contributed by atoms with Gasteiger partial charge in [-0.25, -0.2) is 4.98 Å². The third kappa shape index (κ3) is 4.03. The number of ether oxygens (including phenoxy) is 1. The molecule has 3 aromatic rings. The fourth-order valence-electron chi connectivity index (χ4n) is 2.61. The Balaban J connectivity index is 1.71. The van der Waals surface area contributed by atoms with Crippen LogP contribution in [0.2, 0.25) is 0 Å². The molecule has 1 aromatic heterocycles. The molecule has 0 aliphatic rings. The van der Waals surface area contributed by atoms with Crippen LogP contribution in [0.1, 0.15) is 17.0 Å². The summed E-state index contributed by atoms with van der Waals surface area (Å²) in [6.45, 7) is 2.44. The predicted molar refractivity (Wildman–Crippen MR) is 95.6 cm³/mol. The van der Waals surface area contributed by atoms with Gasteiger partial charge in [-0.2, -0.15) is 0 Å². The van der Waals surface area contributed by atoms with E-state index < -0.39 is 0 Å². The summed E-state index contributed by atoms with van der Waals surface area (Å²) in [5.41, 5.74) is 2.42. The molecule has 0 saturated carbocycles. The topological polar surface area (TPSA) is 84.1 Å². The zero-order valence-electron chi connectivity index (χ0n) is 14.1. The number of amides is 1. The number of H-pyrrole nitrogens is 1.